The van der Waals surface area contributed by atoms with E-state index in [1.165, 1.54) is 0 Å². The van der Waals surface area contributed by atoms with E-state index in [4.69, 9.17) is 4.74 Å². The van der Waals surface area contributed by atoms with Gasteiger partial charge < -0.3 is 14.5 Å². The Labute approximate surface area is 162 Å². The number of thiophene rings is 1. The van der Waals surface area contributed by atoms with Crippen molar-refractivity contribution in [2.24, 2.45) is 0 Å². The van der Waals surface area contributed by atoms with Crippen molar-refractivity contribution in [3.8, 4) is 11.6 Å². The van der Waals surface area contributed by atoms with Gasteiger partial charge in [0.2, 0.25) is 11.8 Å². The highest BCUT2D eigenvalue weighted by Crippen LogP contribution is 2.20. The number of benzene rings is 1. The first kappa shape index (κ1) is 17.5. The summed E-state index contributed by atoms with van der Waals surface area (Å²) in [4.78, 5) is 17.6. The normalized spacial score (nSPS) is 14.2. The van der Waals surface area contributed by atoms with Gasteiger partial charge in [0.1, 0.15) is 5.75 Å². The molecule has 0 aliphatic carbocycles. The quantitative estimate of drug-likeness (QED) is 0.680. The smallest absolute Gasteiger partial charge is 0.238 e. The van der Waals surface area contributed by atoms with Crippen molar-refractivity contribution in [2.45, 2.75) is 6.42 Å². The maximum atomic E-state index is 12.4. The molecule has 2 aromatic heterocycles. The zero-order valence-electron chi connectivity index (χ0n) is 14.8. The largest absolute Gasteiger partial charge is 0.438 e. The number of nitrogens with zero attached hydrogens (tertiary/aromatic N) is 4. The molecular weight excluding hydrogens is 360 g/mol. The summed E-state index contributed by atoms with van der Waals surface area (Å²) >= 11 is 1.63. The molecular formula is C20H20N4O2S. The number of piperazine rings is 1. The first-order chi connectivity index (χ1) is 13.3. The number of rotatable bonds is 5. The molecule has 0 bridgehead atoms. The number of aromatic nitrogens is 2. The van der Waals surface area contributed by atoms with E-state index >= 15 is 0 Å². The Morgan fingerprint density at radius 2 is 1.78 bits per heavy atom. The van der Waals surface area contributed by atoms with Gasteiger partial charge in [-0.25, -0.2) is 0 Å². The van der Waals surface area contributed by atoms with Gasteiger partial charge in [-0.1, -0.05) is 24.3 Å². The van der Waals surface area contributed by atoms with E-state index in [0.717, 1.165) is 29.5 Å². The lowest BCUT2D eigenvalue weighted by Crippen LogP contribution is -2.49. The van der Waals surface area contributed by atoms with Crippen molar-refractivity contribution in [1.29, 1.82) is 0 Å². The minimum Gasteiger partial charge on any atom is -0.438 e. The van der Waals surface area contributed by atoms with Gasteiger partial charge >= 0.3 is 0 Å². The van der Waals surface area contributed by atoms with E-state index in [-0.39, 0.29) is 5.91 Å². The van der Waals surface area contributed by atoms with E-state index in [1.54, 1.807) is 11.3 Å². The molecule has 1 saturated heterocycles. The summed E-state index contributed by atoms with van der Waals surface area (Å²) < 4.78 is 5.68. The van der Waals surface area contributed by atoms with Crippen LogP contribution in [0.25, 0.3) is 0 Å². The lowest BCUT2D eigenvalue weighted by molar-refractivity contribution is -0.130. The molecule has 4 rings (SSSR count). The van der Waals surface area contributed by atoms with Crippen LogP contribution in [0.3, 0.4) is 0 Å². The third-order valence-corrected chi connectivity index (χ3v) is 5.33. The molecule has 0 saturated carbocycles. The molecule has 0 unspecified atom stereocenters. The van der Waals surface area contributed by atoms with Crippen molar-refractivity contribution >= 4 is 23.1 Å². The first-order valence-corrected chi connectivity index (χ1v) is 9.78. The monoisotopic (exact) mass is 380 g/mol. The van der Waals surface area contributed by atoms with Crippen LogP contribution in [-0.2, 0) is 11.2 Å². The summed E-state index contributed by atoms with van der Waals surface area (Å²) in [5.41, 5.74) is 0. The fraction of sp³-hybridized carbons (Fsp3) is 0.250. The van der Waals surface area contributed by atoms with Gasteiger partial charge in [0.15, 0.2) is 5.82 Å². The van der Waals surface area contributed by atoms with Crippen LogP contribution in [0.4, 0.5) is 5.82 Å². The molecule has 1 aromatic carbocycles. The fourth-order valence-electron chi connectivity index (χ4n) is 3.00. The Morgan fingerprint density at radius 3 is 2.44 bits per heavy atom. The molecule has 1 aliphatic rings. The molecule has 0 atom stereocenters. The van der Waals surface area contributed by atoms with Gasteiger partial charge in [-0.15, -0.1) is 21.5 Å². The first-order valence-electron chi connectivity index (χ1n) is 8.90. The van der Waals surface area contributed by atoms with Crippen molar-refractivity contribution in [3.63, 3.8) is 0 Å². The zero-order chi connectivity index (χ0) is 18.5. The van der Waals surface area contributed by atoms with Crippen molar-refractivity contribution in [2.75, 3.05) is 31.1 Å². The van der Waals surface area contributed by atoms with Crippen molar-refractivity contribution < 1.29 is 9.53 Å². The van der Waals surface area contributed by atoms with Gasteiger partial charge in [0, 0.05) is 37.1 Å². The number of para-hydroxylation sites is 1. The van der Waals surface area contributed by atoms with Crippen molar-refractivity contribution in [3.05, 3.63) is 64.9 Å². The number of carbonyl (C=O) groups excluding carboxylic acids is 1. The standard InChI is InChI=1S/C20H20N4O2S/c25-20(15-17-7-4-14-27-17)24-12-10-23(11-13-24)18-8-9-19(22-21-18)26-16-5-2-1-3-6-16/h1-9,14H,10-13,15H2. The minimum atomic E-state index is 0.190. The third-order valence-electron chi connectivity index (χ3n) is 4.45. The van der Waals surface area contributed by atoms with Crippen LogP contribution in [0.5, 0.6) is 11.6 Å². The third kappa shape index (κ3) is 4.43. The number of carbonyl (C=O) groups is 1. The Kier molecular flexibility index (Phi) is 5.29. The summed E-state index contributed by atoms with van der Waals surface area (Å²) in [5, 5.41) is 10.4. The average Bonchev–Trinajstić information content (AvgIpc) is 3.22. The fourth-order valence-corrected chi connectivity index (χ4v) is 3.70. The molecule has 6 nitrogen and oxygen atoms in total. The highest BCUT2D eigenvalue weighted by molar-refractivity contribution is 7.10. The molecule has 1 amide bonds. The summed E-state index contributed by atoms with van der Waals surface area (Å²) in [6.07, 6.45) is 0.489. The Balaban J connectivity index is 1.31. The summed E-state index contributed by atoms with van der Waals surface area (Å²) in [7, 11) is 0. The van der Waals surface area contributed by atoms with Crippen molar-refractivity contribution in [1.82, 2.24) is 15.1 Å². The zero-order valence-corrected chi connectivity index (χ0v) is 15.6. The second kappa shape index (κ2) is 8.18. The van der Waals surface area contributed by atoms with Gasteiger partial charge in [0.25, 0.3) is 0 Å². The Bertz CT molecular complexity index is 861. The molecule has 1 fully saturated rings. The molecule has 0 N–H and O–H groups in total. The number of hydrogen-bond donors (Lipinski definition) is 0. The second-order valence-corrected chi connectivity index (χ2v) is 7.30. The molecule has 1 aliphatic heterocycles. The van der Waals surface area contributed by atoms with E-state index in [2.05, 4.69) is 15.1 Å². The topological polar surface area (TPSA) is 58.6 Å². The average molecular weight is 380 g/mol. The summed E-state index contributed by atoms with van der Waals surface area (Å²) in [5.74, 6) is 2.20. The SMILES string of the molecule is O=C(Cc1cccs1)N1CCN(c2ccc(Oc3ccccc3)nn2)CC1. The molecule has 27 heavy (non-hydrogen) atoms. The van der Waals surface area contributed by atoms with E-state index in [1.807, 2.05) is 64.9 Å². The lowest BCUT2D eigenvalue weighted by atomic mass is 10.2. The molecule has 3 aromatic rings. The van der Waals surface area contributed by atoms with Crippen LogP contribution in [-0.4, -0.2) is 47.2 Å². The maximum absolute atomic E-state index is 12.4. The minimum absolute atomic E-state index is 0.190. The van der Waals surface area contributed by atoms with Gasteiger partial charge in [0.05, 0.1) is 6.42 Å². The number of anilines is 1. The van der Waals surface area contributed by atoms with Crippen LogP contribution in [0, 0.1) is 0 Å². The van der Waals surface area contributed by atoms with Crippen LogP contribution in [0.15, 0.2) is 60.0 Å². The van der Waals surface area contributed by atoms with E-state index in [0.29, 0.717) is 25.4 Å². The molecule has 0 spiro atoms. The highest BCUT2D eigenvalue weighted by atomic mass is 32.1. The maximum Gasteiger partial charge on any atom is 0.238 e. The second-order valence-electron chi connectivity index (χ2n) is 6.27. The highest BCUT2D eigenvalue weighted by Gasteiger charge is 2.22. The van der Waals surface area contributed by atoms with Gasteiger partial charge in [-0.05, 0) is 29.6 Å². The van der Waals surface area contributed by atoms with Gasteiger partial charge in [-0.3, -0.25) is 4.79 Å². The van der Waals surface area contributed by atoms with Crippen LogP contribution < -0.4 is 9.64 Å². The Morgan fingerprint density at radius 1 is 0.963 bits per heavy atom. The van der Waals surface area contributed by atoms with Gasteiger partial charge in [-0.2, -0.15) is 0 Å². The van der Waals surface area contributed by atoms with E-state index < -0.39 is 0 Å². The molecule has 0 radical (unpaired) electrons. The summed E-state index contributed by atoms with van der Waals surface area (Å²) in [6, 6.07) is 17.2. The molecule has 3 heterocycles. The predicted molar refractivity (Wildman–Crippen MR) is 105 cm³/mol. The van der Waals surface area contributed by atoms with Crippen LogP contribution in [0.2, 0.25) is 0 Å². The van der Waals surface area contributed by atoms with Crippen LogP contribution in [0.1, 0.15) is 4.88 Å². The molecule has 138 valence electrons. The molecule has 7 heteroatoms. The lowest BCUT2D eigenvalue weighted by Gasteiger charge is -2.35. The number of hydrogen-bond acceptors (Lipinski definition) is 6. The summed E-state index contributed by atoms with van der Waals surface area (Å²) in [6.45, 7) is 2.91. The number of amides is 1. The predicted octanol–water partition coefficient (Wildman–Crippen LogP) is 3.22. The number of ether oxygens (including phenoxy) is 1. The van der Waals surface area contributed by atoms with Crippen LogP contribution >= 0.6 is 11.3 Å². The van der Waals surface area contributed by atoms with E-state index in [9.17, 15) is 4.79 Å². The Hall–Kier alpha value is -2.93.